The molecule has 0 spiro atoms. The number of piperazine rings is 1. The molecule has 3 saturated heterocycles. The van der Waals surface area contributed by atoms with Crippen LogP contribution in [0.5, 0.6) is 0 Å². The van der Waals surface area contributed by atoms with Gasteiger partial charge in [-0.3, -0.25) is 4.79 Å². The van der Waals surface area contributed by atoms with Gasteiger partial charge in [0.15, 0.2) is 0 Å². The molecule has 1 aromatic rings. The smallest absolute Gasteiger partial charge is 0.379 e. The average molecular weight is 523 g/mol. The highest BCUT2D eigenvalue weighted by Gasteiger charge is 2.59. The van der Waals surface area contributed by atoms with Crippen LogP contribution in [0.3, 0.4) is 0 Å². The Bertz CT molecular complexity index is 1040. The Morgan fingerprint density at radius 3 is 2.81 bits per heavy atom. The van der Waals surface area contributed by atoms with Crippen LogP contribution in [0.4, 0.5) is 19.0 Å². The minimum absolute atomic E-state index is 0.0138. The van der Waals surface area contributed by atoms with E-state index in [1.165, 1.54) is 13.1 Å². The SMILES string of the molecule is CO[C@@H]1COCC[C@@H]1N[C@@H]1C[C@H]2CCC[C@@]2(C(=O)N2C[C@@H]3C[C@H]2CN3c2nccc(C(F)(F)F)c2C)C1. The lowest BCUT2D eigenvalue weighted by Crippen LogP contribution is -2.54. The number of rotatable bonds is 5. The van der Waals surface area contributed by atoms with E-state index in [9.17, 15) is 18.0 Å². The number of amides is 1. The maximum absolute atomic E-state index is 14.2. The Balaban J connectivity index is 1.15. The van der Waals surface area contributed by atoms with E-state index < -0.39 is 11.7 Å². The number of methoxy groups -OCH3 is 1. The predicted octanol–water partition coefficient (Wildman–Crippen LogP) is 3.54. The number of halogens is 3. The van der Waals surface area contributed by atoms with Crippen molar-refractivity contribution in [2.75, 3.05) is 38.3 Å². The second kappa shape index (κ2) is 9.38. The number of hydrogen-bond acceptors (Lipinski definition) is 6. The first-order chi connectivity index (χ1) is 17.7. The van der Waals surface area contributed by atoms with Gasteiger partial charge in [0.05, 0.1) is 35.8 Å². The Hall–Kier alpha value is -1.91. The summed E-state index contributed by atoms with van der Waals surface area (Å²) in [4.78, 5) is 22.6. The molecular weight excluding hydrogens is 485 g/mol. The summed E-state index contributed by atoms with van der Waals surface area (Å²) in [5, 5.41) is 3.82. The molecule has 1 aromatic heterocycles. The van der Waals surface area contributed by atoms with Gasteiger partial charge in [-0.2, -0.15) is 13.2 Å². The van der Waals surface area contributed by atoms with E-state index in [-0.39, 0.29) is 41.1 Å². The molecule has 10 heteroatoms. The van der Waals surface area contributed by atoms with Crippen molar-refractivity contribution in [3.63, 3.8) is 0 Å². The number of carbonyl (C=O) groups is 1. The summed E-state index contributed by atoms with van der Waals surface area (Å²) in [7, 11) is 1.73. The zero-order valence-corrected chi connectivity index (χ0v) is 21.6. The van der Waals surface area contributed by atoms with E-state index in [0.717, 1.165) is 57.6 Å². The van der Waals surface area contributed by atoms with Gasteiger partial charge in [-0.25, -0.2) is 4.98 Å². The number of likely N-dealkylation sites (tertiary alicyclic amines) is 1. The lowest BCUT2D eigenvalue weighted by Gasteiger charge is -2.40. The molecule has 5 fully saturated rings. The van der Waals surface area contributed by atoms with E-state index in [2.05, 4.69) is 15.2 Å². The summed E-state index contributed by atoms with van der Waals surface area (Å²) >= 11 is 0. The number of alkyl halides is 3. The number of pyridine rings is 1. The van der Waals surface area contributed by atoms with Crippen LogP contribution in [0.15, 0.2) is 12.3 Å². The van der Waals surface area contributed by atoms with Crippen molar-refractivity contribution in [3.05, 3.63) is 23.4 Å². The van der Waals surface area contributed by atoms with Crippen LogP contribution < -0.4 is 10.2 Å². The van der Waals surface area contributed by atoms with Gasteiger partial charge in [-0.05, 0) is 57.4 Å². The number of hydrogen-bond donors (Lipinski definition) is 1. The number of ether oxygens (including phenoxy) is 2. The molecule has 0 radical (unpaired) electrons. The summed E-state index contributed by atoms with van der Waals surface area (Å²) < 4.78 is 51.6. The highest BCUT2D eigenvalue weighted by molar-refractivity contribution is 5.85. The molecule has 2 aliphatic carbocycles. The van der Waals surface area contributed by atoms with Crippen LogP contribution in [0, 0.1) is 18.3 Å². The molecule has 7 atom stereocenters. The molecule has 7 nitrogen and oxygen atoms in total. The number of aromatic nitrogens is 1. The second-order valence-corrected chi connectivity index (χ2v) is 11.8. The van der Waals surface area contributed by atoms with Gasteiger partial charge in [0.1, 0.15) is 5.82 Å². The number of fused-ring (bicyclic) bond motifs is 3. The van der Waals surface area contributed by atoms with Crippen LogP contribution >= 0.6 is 0 Å². The quantitative estimate of drug-likeness (QED) is 0.638. The van der Waals surface area contributed by atoms with E-state index in [4.69, 9.17) is 9.47 Å². The third-order valence-corrected chi connectivity index (χ3v) is 9.88. The summed E-state index contributed by atoms with van der Waals surface area (Å²) in [5.74, 6) is 1.07. The highest BCUT2D eigenvalue weighted by Crippen LogP contribution is 2.56. The number of carbonyl (C=O) groups excluding carboxylic acids is 1. The van der Waals surface area contributed by atoms with E-state index in [0.29, 0.717) is 37.5 Å². The van der Waals surface area contributed by atoms with Gasteiger partial charge in [0.2, 0.25) is 5.91 Å². The minimum Gasteiger partial charge on any atom is -0.379 e. The number of anilines is 1. The summed E-state index contributed by atoms with van der Waals surface area (Å²) in [5.41, 5.74) is -0.780. The van der Waals surface area contributed by atoms with Crippen molar-refractivity contribution in [2.24, 2.45) is 11.3 Å². The van der Waals surface area contributed by atoms with Gasteiger partial charge in [-0.15, -0.1) is 0 Å². The minimum atomic E-state index is -4.40. The van der Waals surface area contributed by atoms with E-state index >= 15 is 0 Å². The first-order valence-electron chi connectivity index (χ1n) is 13.7. The van der Waals surface area contributed by atoms with Crippen molar-refractivity contribution in [1.82, 2.24) is 15.2 Å². The number of nitrogens with zero attached hydrogens (tertiary/aromatic N) is 3. The standard InChI is InChI=1S/C27H37F3N4O3/c1-16-21(27(28,29)30)5-8-31-24(16)33-13-20-11-19(33)14-34(20)25(35)26-7-3-4-17(26)10-18(12-26)32-22-6-9-37-15-23(22)36-2/h5,8,17-20,22-23,32H,3-4,6-7,9-15H2,1-2H3/t17-,18-,19+,20+,22+,23-,26-/m1/s1. The zero-order chi connectivity index (χ0) is 25.9. The van der Waals surface area contributed by atoms with E-state index in [1.54, 1.807) is 7.11 Å². The normalized spacial score (nSPS) is 37.4. The van der Waals surface area contributed by atoms with Crippen LogP contribution in [0.2, 0.25) is 0 Å². The zero-order valence-electron chi connectivity index (χ0n) is 21.6. The highest BCUT2D eigenvalue weighted by atomic mass is 19.4. The van der Waals surface area contributed by atoms with Crippen LogP contribution in [-0.4, -0.2) is 79.5 Å². The lowest BCUT2D eigenvalue weighted by atomic mass is 9.78. The third kappa shape index (κ3) is 4.23. The largest absolute Gasteiger partial charge is 0.416 e. The van der Waals surface area contributed by atoms with Gasteiger partial charge in [0, 0.05) is 50.7 Å². The summed E-state index contributed by atoms with van der Waals surface area (Å²) in [6.07, 6.45) is 3.57. The van der Waals surface area contributed by atoms with Crippen molar-refractivity contribution in [3.8, 4) is 0 Å². The molecule has 37 heavy (non-hydrogen) atoms. The molecule has 0 unspecified atom stereocenters. The molecule has 0 aromatic carbocycles. The molecule has 1 amide bonds. The molecule has 6 rings (SSSR count). The molecule has 1 N–H and O–H groups in total. The molecule has 5 aliphatic rings. The fourth-order valence-electron chi connectivity index (χ4n) is 8.14. The van der Waals surface area contributed by atoms with Crippen molar-refractivity contribution in [2.45, 2.75) is 88.3 Å². The molecular formula is C27H37F3N4O3. The van der Waals surface area contributed by atoms with Crippen LogP contribution in [0.1, 0.15) is 56.1 Å². The fourth-order valence-corrected chi connectivity index (χ4v) is 8.14. The monoisotopic (exact) mass is 522 g/mol. The van der Waals surface area contributed by atoms with Crippen molar-refractivity contribution >= 4 is 11.7 Å². The Labute approximate surface area is 216 Å². The molecule has 2 bridgehead atoms. The molecule has 204 valence electrons. The van der Waals surface area contributed by atoms with Crippen LogP contribution in [0.25, 0.3) is 0 Å². The van der Waals surface area contributed by atoms with Crippen LogP contribution in [-0.2, 0) is 20.4 Å². The lowest BCUT2D eigenvalue weighted by molar-refractivity contribution is -0.144. The van der Waals surface area contributed by atoms with Gasteiger partial charge in [0.25, 0.3) is 0 Å². The van der Waals surface area contributed by atoms with Crippen molar-refractivity contribution < 1.29 is 27.4 Å². The first-order valence-corrected chi connectivity index (χ1v) is 13.7. The molecule has 3 aliphatic heterocycles. The predicted molar refractivity (Wildman–Crippen MR) is 131 cm³/mol. The first kappa shape index (κ1) is 25.4. The Morgan fingerprint density at radius 2 is 2.08 bits per heavy atom. The average Bonchev–Trinajstić information content (AvgIpc) is 3.63. The Morgan fingerprint density at radius 1 is 1.24 bits per heavy atom. The third-order valence-electron chi connectivity index (χ3n) is 9.88. The summed E-state index contributed by atoms with van der Waals surface area (Å²) in [6, 6.07) is 1.63. The Kier molecular flexibility index (Phi) is 6.43. The van der Waals surface area contributed by atoms with E-state index in [1.807, 2.05) is 4.90 Å². The maximum Gasteiger partial charge on any atom is 0.416 e. The topological polar surface area (TPSA) is 66.9 Å². The van der Waals surface area contributed by atoms with Gasteiger partial charge in [-0.1, -0.05) is 6.42 Å². The maximum atomic E-state index is 14.2. The van der Waals surface area contributed by atoms with Gasteiger partial charge < -0.3 is 24.6 Å². The summed E-state index contributed by atoms with van der Waals surface area (Å²) in [6.45, 7) is 3.94. The van der Waals surface area contributed by atoms with Gasteiger partial charge >= 0.3 is 6.18 Å². The molecule has 2 saturated carbocycles. The molecule has 4 heterocycles. The number of nitrogens with one attached hydrogen (secondary N) is 1. The second-order valence-electron chi connectivity index (χ2n) is 11.8. The fraction of sp³-hybridized carbons (Fsp3) is 0.778. The van der Waals surface area contributed by atoms with Crippen molar-refractivity contribution in [1.29, 1.82) is 0 Å².